The van der Waals surface area contributed by atoms with Gasteiger partial charge < -0.3 is 15.2 Å². The molecule has 1 unspecified atom stereocenters. The highest BCUT2D eigenvalue weighted by atomic mass is 32.2. The summed E-state index contributed by atoms with van der Waals surface area (Å²) >= 11 is 2.07. The van der Waals surface area contributed by atoms with E-state index in [4.69, 9.17) is 15.2 Å². The molecular weight excluding hydrogens is 246 g/mol. The van der Waals surface area contributed by atoms with Crippen molar-refractivity contribution in [2.24, 2.45) is 11.7 Å². The van der Waals surface area contributed by atoms with E-state index >= 15 is 0 Å². The molecule has 0 aromatic carbocycles. The van der Waals surface area contributed by atoms with Gasteiger partial charge in [0, 0.05) is 25.4 Å². The third-order valence-corrected chi connectivity index (χ3v) is 6.12. The van der Waals surface area contributed by atoms with Crippen LogP contribution in [0.15, 0.2) is 0 Å². The zero-order valence-corrected chi connectivity index (χ0v) is 12.0. The Hall–Kier alpha value is 0.230. The van der Waals surface area contributed by atoms with Crippen molar-refractivity contribution in [3.63, 3.8) is 0 Å². The number of nitrogens with two attached hydrogens (primary N) is 1. The molecule has 0 saturated carbocycles. The van der Waals surface area contributed by atoms with E-state index in [1.54, 1.807) is 0 Å². The third-order valence-electron chi connectivity index (χ3n) is 5.13. The van der Waals surface area contributed by atoms with Gasteiger partial charge in [0.05, 0.1) is 5.60 Å². The zero-order valence-electron chi connectivity index (χ0n) is 11.2. The molecule has 1 spiro atoms. The normalized spacial score (nSPS) is 35.5. The van der Waals surface area contributed by atoms with Crippen LogP contribution in [-0.2, 0) is 9.47 Å². The average molecular weight is 271 g/mol. The summed E-state index contributed by atoms with van der Waals surface area (Å²) in [5.41, 5.74) is 6.86. The lowest BCUT2D eigenvalue weighted by Gasteiger charge is -2.49. The molecule has 104 valence electrons. The summed E-state index contributed by atoms with van der Waals surface area (Å²) in [4.78, 5) is 0. The Morgan fingerprint density at radius 2 is 1.72 bits per heavy atom. The number of rotatable bonds is 1. The fraction of sp³-hybridized carbons (Fsp3) is 1.00. The molecular formula is C14H25NO2S. The van der Waals surface area contributed by atoms with Gasteiger partial charge in [0.25, 0.3) is 0 Å². The molecule has 0 radical (unpaired) electrons. The molecule has 4 heteroatoms. The zero-order chi connectivity index (χ0) is 12.5. The largest absolute Gasteiger partial charge is 0.381 e. The van der Waals surface area contributed by atoms with Gasteiger partial charge in [0.2, 0.25) is 0 Å². The van der Waals surface area contributed by atoms with Gasteiger partial charge >= 0.3 is 0 Å². The van der Waals surface area contributed by atoms with E-state index in [0.29, 0.717) is 5.92 Å². The maximum Gasteiger partial charge on any atom is 0.0701 e. The van der Waals surface area contributed by atoms with Crippen molar-refractivity contribution in [3.8, 4) is 0 Å². The minimum Gasteiger partial charge on any atom is -0.381 e. The van der Waals surface area contributed by atoms with Gasteiger partial charge in [-0.15, -0.1) is 0 Å². The van der Waals surface area contributed by atoms with E-state index in [1.807, 2.05) is 0 Å². The molecule has 3 saturated heterocycles. The van der Waals surface area contributed by atoms with Crippen molar-refractivity contribution in [2.75, 3.05) is 31.3 Å². The van der Waals surface area contributed by atoms with Crippen molar-refractivity contribution in [1.82, 2.24) is 0 Å². The summed E-state index contributed by atoms with van der Waals surface area (Å²) in [6.45, 7) is 2.60. The van der Waals surface area contributed by atoms with Gasteiger partial charge in [-0.25, -0.2) is 0 Å². The molecule has 0 aliphatic carbocycles. The topological polar surface area (TPSA) is 44.5 Å². The Morgan fingerprint density at radius 1 is 1.00 bits per heavy atom. The monoisotopic (exact) mass is 271 g/mol. The second-order valence-corrected chi connectivity index (χ2v) is 7.40. The highest BCUT2D eigenvalue weighted by Crippen LogP contribution is 2.44. The first-order chi connectivity index (χ1) is 8.73. The molecule has 3 aliphatic rings. The van der Waals surface area contributed by atoms with Crippen LogP contribution in [0.5, 0.6) is 0 Å². The number of thioether (sulfide) groups is 1. The summed E-state index contributed by atoms with van der Waals surface area (Å²) in [6, 6.07) is 0. The van der Waals surface area contributed by atoms with Crippen LogP contribution in [0.3, 0.4) is 0 Å². The van der Waals surface area contributed by atoms with E-state index in [1.165, 1.54) is 30.8 Å². The molecule has 3 nitrogen and oxygen atoms in total. The van der Waals surface area contributed by atoms with Crippen molar-refractivity contribution >= 4 is 11.8 Å². The van der Waals surface area contributed by atoms with Crippen molar-refractivity contribution in [3.05, 3.63) is 0 Å². The van der Waals surface area contributed by atoms with Crippen LogP contribution in [-0.4, -0.2) is 42.5 Å². The molecule has 3 rings (SSSR count). The molecule has 18 heavy (non-hydrogen) atoms. The predicted molar refractivity (Wildman–Crippen MR) is 74.9 cm³/mol. The Morgan fingerprint density at radius 3 is 2.44 bits per heavy atom. The molecule has 0 amide bonds. The standard InChI is InChI=1S/C14H25NO2S/c15-14(2-7-16-8-3-14)12-1-6-17-13(11-12)4-9-18-10-5-13/h12H,1-11,15H2. The minimum absolute atomic E-state index is 0.0135. The van der Waals surface area contributed by atoms with Gasteiger partial charge in [-0.05, 0) is 55.9 Å². The van der Waals surface area contributed by atoms with Crippen LogP contribution in [0.2, 0.25) is 0 Å². The lowest BCUT2D eigenvalue weighted by molar-refractivity contribution is -0.121. The van der Waals surface area contributed by atoms with E-state index in [-0.39, 0.29) is 11.1 Å². The van der Waals surface area contributed by atoms with Crippen LogP contribution < -0.4 is 5.73 Å². The Bertz CT molecular complexity index is 267. The molecule has 3 heterocycles. The van der Waals surface area contributed by atoms with E-state index in [0.717, 1.165) is 39.1 Å². The van der Waals surface area contributed by atoms with E-state index in [2.05, 4.69) is 11.8 Å². The van der Waals surface area contributed by atoms with Crippen molar-refractivity contribution < 1.29 is 9.47 Å². The maximum atomic E-state index is 6.68. The molecule has 3 aliphatic heterocycles. The highest BCUT2D eigenvalue weighted by Gasteiger charge is 2.45. The molecule has 2 N–H and O–H groups in total. The van der Waals surface area contributed by atoms with Crippen LogP contribution in [0.25, 0.3) is 0 Å². The third kappa shape index (κ3) is 2.58. The summed E-state index contributed by atoms with van der Waals surface area (Å²) in [5, 5.41) is 0. The number of ether oxygens (including phenoxy) is 2. The summed E-state index contributed by atoms with van der Waals surface area (Å²) in [5.74, 6) is 3.15. The SMILES string of the molecule is NC1(C2CCOC3(CCSCC3)C2)CCOCC1. The maximum absolute atomic E-state index is 6.68. The van der Waals surface area contributed by atoms with Crippen molar-refractivity contribution in [1.29, 1.82) is 0 Å². The first kappa shape index (κ1) is 13.2. The molecule has 0 bridgehead atoms. The first-order valence-electron chi connectivity index (χ1n) is 7.31. The highest BCUT2D eigenvalue weighted by molar-refractivity contribution is 7.99. The summed E-state index contributed by atoms with van der Waals surface area (Å²) in [7, 11) is 0. The Balaban J connectivity index is 1.69. The van der Waals surface area contributed by atoms with Gasteiger partial charge in [0.1, 0.15) is 0 Å². The van der Waals surface area contributed by atoms with Gasteiger partial charge in [-0.2, -0.15) is 11.8 Å². The minimum atomic E-state index is 0.0135. The van der Waals surface area contributed by atoms with Gasteiger partial charge in [-0.1, -0.05) is 0 Å². The fourth-order valence-corrected chi connectivity index (χ4v) is 5.01. The summed E-state index contributed by atoms with van der Waals surface area (Å²) < 4.78 is 11.7. The quantitative estimate of drug-likeness (QED) is 0.794. The van der Waals surface area contributed by atoms with E-state index in [9.17, 15) is 0 Å². The Labute approximate surface area is 114 Å². The van der Waals surface area contributed by atoms with Crippen molar-refractivity contribution in [2.45, 2.75) is 49.7 Å². The average Bonchev–Trinajstić information content (AvgIpc) is 2.41. The van der Waals surface area contributed by atoms with Crippen LogP contribution in [0, 0.1) is 5.92 Å². The molecule has 1 atom stereocenters. The van der Waals surface area contributed by atoms with Gasteiger partial charge in [0.15, 0.2) is 0 Å². The van der Waals surface area contributed by atoms with E-state index < -0.39 is 0 Å². The number of hydrogen-bond donors (Lipinski definition) is 1. The summed E-state index contributed by atoms with van der Waals surface area (Å²) in [6.07, 6.45) is 6.84. The fourth-order valence-electron chi connectivity index (χ4n) is 3.77. The van der Waals surface area contributed by atoms with Crippen LogP contribution >= 0.6 is 11.8 Å². The molecule has 3 fully saturated rings. The van der Waals surface area contributed by atoms with Gasteiger partial charge in [-0.3, -0.25) is 0 Å². The second-order valence-electron chi connectivity index (χ2n) is 6.18. The first-order valence-corrected chi connectivity index (χ1v) is 8.46. The predicted octanol–water partition coefficient (Wildman–Crippen LogP) is 2.19. The number of hydrogen-bond acceptors (Lipinski definition) is 4. The smallest absolute Gasteiger partial charge is 0.0701 e. The Kier molecular flexibility index (Phi) is 3.90. The lowest BCUT2D eigenvalue weighted by Crippen LogP contribution is -2.56. The van der Waals surface area contributed by atoms with Crippen LogP contribution in [0.1, 0.15) is 38.5 Å². The molecule has 0 aromatic heterocycles. The molecule has 0 aromatic rings. The lowest BCUT2D eigenvalue weighted by atomic mass is 9.69. The van der Waals surface area contributed by atoms with Crippen LogP contribution in [0.4, 0.5) is 0 Å². The second kappa shape index (κ2) is 5.31.